The average Bonchev–Trinajstić information content (AvgIpc) is 2.12. The van der Waals surface area contributed by atoms with Crippen molar-refractivity contribution in [2.75, 3.05) is 13.2 Å². The summed E-state index contributed by atoms with van der Waals surface area (Å²) in [6.07, 6.45) is 3.07. The van der Waals surface area contributed by atoms with E-state index in [2.05, 4.69) is 5.32 Å². The van der Waals surface area contributed by atoms with Crippen molar-refractivity contribution >= 4 is 0 Å². The van der Waals surface area contributed by atoms with Gasteiger partial charge in [-0.05, 0) is 19.4 Å². The second-order valence-electron chi connectivity index (χ2n) is 2.63. The lowest BCUT2D eigenvalue weighted by Gasteiger charge is -2.16. The Bertz CT molecular complexity index is 80.5. The van der Waals surface area contributed by atoms with Gasteiger partial charge in [-0.2, -0.15) is 0 Å². The van der Waals surface area contributed by atoms with Crippen LogP contribution in [0.5, 0.6) is 0 Å². The molecule has 2 rings (SSSR count). The van der Waals surface area contributed by atoms with Crippen molar-refractivity contribution in [1.82, 2.24) is 5.32 Å². The Kier molecular flexibility index (Phi) is 1.02. The molecule has 0 unspecified atom stereocenters. The van der Waals surface area contributed by atoms with Crippen molar-refractivity contribution in [2.24, 2.45) is 0 Å². The van der Waals surface area contributed by atoms with E-state index >= 15 is 0 Å². The number of piperidine rings is 1. The summed E-state index contributed by atoms with van der Waals surface area (Å²) >= 11 is 0. The fourth-order valence-corrected chi connectivity index (χ4v) is 1.50. The highest BCUT2D eigenvalue weighted by Crippen LogP contribution is 2.19. The summed E-state index contributed by atoms with van der Waals surface area (Å²) in [5, 5.41) is 3.39. The summed E-state index contributed by atoms with van der Waals surface area (Å²) in [4.78, 5) is 0. The monoisotopic (exact) mass is 113 g/mol. The number of ether oxygens (including phenoxy) is 1. The summed E-state index contributed by atoms with van der Waals surface area (Å²) in [6, 6.07) is 0.689. The predicted molar refractivity (Wildman–Crippen MR) is 30.8 cm³/mol. The first kappa shape index (κ1) is 4.77. The first-order chi connectivity index (χ1) is 3.95. The zero-order valence-electron chi connectivity index (χ0n) is 4.89. The van der Waals surface area contributed by atoms with Gasteiger partial charge < -0.3 is 10.1 Å². The van der Waals surface area contributed by atoms with Gasteiger partial charge in [-0.25, -0.2) is 0 Å². The standard InChI is InChI=1S/C6H11NO/c1-2-7-5-3-6(1)8-4-5/h5-7H,1-4H2/t5-,6+/m1/s1. The zero-order chi connectivity index (χ0) is 5.40. The maximum Gasteiger partial charge on any atom is 0.0624 e. The molecular weight excluding hydrogens is 102 g/mol. The van der Waals surface area contributed by atoms with E-state index in [1.807, 2.05) is 0 Å². The third-order valence-corrected chi connectivity index (χ3v) is 1.98. The second-order valence-corrected chi connectivity index (χ2v) is 2.63. The van der Waals surface area contributed by atoms with Crippen LogP contribution in [0.25, 0.3) is 0 Å². The van der Waals surface area contributed by atoms with Crippen LogP contribution in [0, 0.1) is 0 Å². The Hall–Kier alpha value is -0.0800. The fourth-order valence-electron chi connectivity index (χ4n) is 1.50. The maximum atomic E-state index is 5.41. The molecule has 0 saturated carbocycles. The molecule has 2 saturated heterocycles. The van der Waals surface area contributed by atoms with Crippen molar-refractivity contribution < 1.29 is 4.74 Å². The summed E-state index contributed by atoms with van der Waals surface area (Å²) in [6.45, 7) is 2.11. The Labute approximate surface area is 49.2 Å². The number of nitrogens with one attached hydrogen (secondary N) is 1. The van der Waals surface area contributed by atoms with Crippen LogP contribution in [-0.2, 0) is 4.74 Å². The first-order valence-electron chi connectivity index (χ1n) is 3.30. The summed E-state index contributed by atoms with van der Waals surface area (Å²) < 4.78 is 5.41. The Morgan fingerprint density at radius 1 is 1.50 bits per heavy atom. The van der Waals surface area contributed by atoms with E-state index in [1.54, 1.807) is 0 Å². The van der Waals surface area contributed by atoms with Gasteiger partial charge in [0.15, 0.2) is 0 Å². The van der Waals surface area contributed by atoms with Crippen LogP contribution in [-0.4, -0.2) is 25.3 Å². The molecule has 0 radical (unpaired) electrons. The minimum Gasteiger partial charge on any atom is -0.376 e. The number of hydrogen-bond acceptors (Lipinski definition) is 2. The van der Waals surface area contributed by atoms with Gasteiger partial charge in [-0.1, -0.05) is 0 Å². The molecule has 2 heterocycles. The van der Waals surface area contributed by atoms with Crippen LogP contribution in [0.15, 0.2) is 0 Å². The quantitative estimate of drug-likeness (QED) is 0.482. The van der Waals surface area contributed by atoms with Crippen LogP contribution in [0.4, 0.5) is 0 Å². The van der Waals surface area contributed by atoms with Gasteiger partial charge >= 0.3 is 0 Å². The highest BCUT2D eigenvalue weighted by molar-refractivity contribution is 4.83. The molecule has 2 nitrogen and oxygen atoms in total. The predicted octanol–water partition coefficient (Wildman–Crippen LogP) is 0.137. The molecule has 0 aliphatic carbocycles. The third kappa shape index (κ3) is 0.644. The third-order valence-electron chi connectivity index (χ3n) is 1.98. The van der Waals surface area contributed by atoms with E-state index < -0.39 is 0 Å². The van der Waals surface area contributed by atoms with Crippen molar-refractivity contribution in [3.8, 4) is 0 Å². The van der Waals surface area contributed by atoms with Gasteiger partial charge in [0.2, 0.25) is 0 Å². The molecule has 2 atom stereocenters. The molecule has 2 aliphatic rings. The lowest BCUT2D eigenvalue weighted by atomic mass is 10.1. The summed E-state index contributed by atoms with van der Waals surface area (Å²) in [5.41, 5.74) is 0. The fraction of sp³-hybridized carbons (Fsp3) is 1.00. The van der Waals surface area contributed by atoms with E-state index in [0.29, 0.717) is 12.1 Å². The lowest BCUT2D eigenvalue weighted by Crippen LogP contribution is -2.34. The van der Waals surface area contributed by atoms with Crippen molar-refractivity contribution in [1.29, 1.82) is 0 Å². The highest BCUT2D eigenvalue weighted by atomic mass is 16.5. The lowest BCUT2D eigenvalue weighted by molar-refractivity contribution is 0.110. The molecular formula is C6H11NO. The normalized spacial score (nSPS) is 45.0. The van der Waals surface area contributed by atoms with Crippen molar-refractivity contribution in [3.05, 3.63) is 0 Å². The van der Waals surface area contributed by atoms with E-state index in [1.165, 1.54) is 12.8 Å². The molecule has 0 aromatic heterocycles. The minimum atomic E-state index is 0.598. The molecule has 1 N–H and O–H groups in total. The Balaban J connectivity index is 2.03. The molecule has 2 aliphatic heterocycles. The van der Waals surface area contributed by atoms with Gasteiger partial charge in [-0.15, -0.1) is 0 Å². The maximum absolute atomic E-state index is 5.41. The van der Waals surface area contributed by atoms with Crippen LogP contribution in [0.3, 0.4) is 0 Å². The SMILES string of the molecule is C1C[C@H]2C[C@H](CO2)N1. The molecule has 2 bridgehead atoms. The van der Waals surface area contributed by atoms with Gasteiger partial charge in [0.25, 0.3) is 0 Å². The number of fused-ring (bicyclic) bond motifs is 2. The second kappa shape index (κ2) is 1.71. The molecule has 0 amide bonds. The molecule has 8 heavy (non-hydrogen) atoms. The summed E-state index contributed by atoms with van der Waals surface area (Å²) in [5.74, 6) is 0. The van der Waals surface area contributed by atoms with Crippen LogP contribution < -0.4 is 5.32 Å². The first-order valence-corrected chi connectivity index (χ1v) is 3.30. The smallest absolute Gasteiger partial charge is 0.0624 e. The van der Waals surface area contributed by atoms with Gasteiger partial charge in [0.1, 0.15) is 0 Å². The molecule has 0 aromatic carbocycles. The van der Waals surface area contributed by atoms with E-state index in [9.17, 15) is 0 Å². The summed E-state index contributed by atoms with van der Waals surface area (Å²) in [7, 11) is 0. The number of rotatable bonds is 0. The average molecular weight is 113 g/mol. The van der Waals surface area contributed by atoms with Crippen LogP contribution in [0.1, 0.15) is 12.8 Å². The zero-order valence-corrected chi connectivity index (χ0v) is 4.89. The largest absolute Gasteiger partial charge is 0.376 e. The van der Waals surface area contributed by atoms with Gasteiger partial charge in [0, 0.05) is 6.04 Å². The van der Waals surface area contributed by atoms with Crippen molar-refractivity contribution in [2.45, 2.75) is 25.0 Å². The van der Waals surface area contributed by atoms with Crippen LogP contribution in [0.2, 0.25) is 0 Å². The van der Waals surface area contributed by atoms with E-state index in [4.69, 9.17) is 4.74 Å². The Morgan fingerprint density at radius 2 is 2.50 bits per heavy atom. The van der Waals surface area contributed by atoms with Gasteiger partial charge in [-0.3, -0.25) is 0 Å². The topological polar surface area (TPSA) is 21.3 Å². The molecule has 0 aromatic rings. The van der Waals surface area contributed by atoms with E-state index in [0.717, 1.165) is 13.2 Å². The molecule has 46 valence electrons. The van der Waals surface area contributed by atoms with Crippen LogP contribution >= 0.6 is 0 Å². The number of hydrogen-bond donors (Lipinski definition) is 1. The molecule has 2 heteroatoms. The van der Waals surface area contributed by atoms with Gasteiger partial charge in [0.05, 0.1) is 12.7 Å². The minimum absolute atomic E-state index is 0.598. The molecule has 2 fully saturated rings. The van der Waals surface area contributed by atoms with Crippen molar-refractivity contribution in [3.63, 3.8) is 0 Å². The molecule has 0 spiro atoms. The van der Waals surface area contributed by atoms with E-state index in [-0.39, 0.29) is 0 Å². The Morgan fingerprint density at radius 3 is 3.25 bits per heavy atom. The highest BCUT2D eigenvalue weighted by Gasteiger charge is 2.28.